The molecule has 0 saturated heterocycles. The maximum absolute atomic E-state index is 12.2. The van der Waals surface area contributed by atoms with Crippen molar-refractivity contribution in [3.05, 3.63) is 59.2 Å². The normalized spacial score (nSPS) is 11.4. The first-order valence-corrected chi connectivity index (χ1v) is 8.16. The SMILES string of the molecule is Cc1nn(-c2ncc(NC(=O)c3ccc(OC(F)(F)F)cc3)cn2)c(C)c1C. The summed E-state index contributed by atoms with van der Waals surface area (Å²) in [6, 6.07) is 4.58. The highest BCUT2D eigenvalue weighted by atomic mass is 19.4. The van der Waals surface area contributed by atoms with E-state index in [4.69, 9.17) is 0 Å². The minimum absolute atomic E-state index is 0.160. The lowest BCUT2D eigenvalue weighted by atomic mass is 10.2. The number of aryl methyl sites for hydroxylation is 1. The van der Waals surface area contributed by atoms with Gasteiger partial charge in [-0.3, -0.25) is 4.79 Å². The summed E-state index contributed by atoms with van der Waals surface area (Å²) in [5.41, 5.74) is 3.32. The van der Waals surface area contributed by atoms with Gasteiger partial charge in [0.2, 0.25) is 0 Å². The highest BCUT2D eigenvalue weighted by molar-refractivity contribution is 6.04. The minimum Gasteiger partial charge on any atom is -0.406 e. The zero-order valence-electron chi connectivity index (χ0n) is 15.2. The van der Waals surface area contributed by atoms with Crippen molar-refractivity contribution in [1.29, 1.82) is 0 Å². The Morgan fingerprint density at radius 1 is 1.07 bits per heavy atom. The average molecular weight is 391 g/mol. The number of nitrogens with zero attached hydrogens (tertiary/aromatic N) is 4. The fourth-order valence-corrected chi connectivity index (χ4v) is 2.42. The number of rotatable bonds is 4. The Morgan fingerprint density at radius 3 is 2.18 bits per heavy atom. The lowest BCUT2D eigenvalue weighted by molar-refractivity contribution is -0.274. The van der Waals surface area contributed by atoms with Crippen LogP contribution in [0.3, 0.4) is 0 Å². The van der Waals surface area contributed by atoms with Gasteiger partial charge < -0.3 is 10.1 Å². The standard InChI is InChI=1S/C18H16F3N5O2/c1-10-11(2)25-26(12(10)3)17-22-8-14(9-23-17)24-16(27)13-4-6-15(7-5-13)28-18(19,20)21/h4-9H,1-3H3,(H,24,27). The quantitative estimate of drug-likeness (QED) is 0.733. The summed E-state index contributed by atoms with van der Waals surface area (Å²) in [6.07, 6.45) is -1.94. The summed E-state index contributed by atoms with van der Waals surface area (Å²) >= 11 is 0. The molecular weight excluding hydrogens is 375 g/mol. The summed E-state index contributed by atoms with van der Waals surface area (Å²) in [4.78, 5) is 20.6. The number of hydrogen-bond acceptors (Lipinski definition) is 5. The molecule has 7 nitrogen and oxygen atoms in total. The number of carbonyl (C=O) groups excluding carboxylic acids is 1. The highest BCUT2D eigenvalue weighted by Gasteiger charge is 2.31. The van der Waals surface area contributed by atoms with Gasteiger partial charge in [-0.1, -0.05) is 0 Å². The number of benzene rings is 1. The molecule has 0 unspecified atom stereocenters. The van der Waals surface area contributed by atoms with Crippen LogP contribution in [0.2, 0.25) is 0 Å². The molecule has 1 N–H and O–H groups in total. The van der Waals surface area contributed by atoms with Crippen LogP contribution in [-0.2, 0) is 0 Å². The molecule has 0 aliphatic heterocycles. The summed E-state index contributed by atoms with van der Waals surface area (Å²) < 4.78 is 41.9. The Morgan fingerprint density at radius 2 is 1.68 bits per heavy atom. The first kappa shape index (κ1) is 19.3. The molecule has 0 radical (unpaired) electrons. The van der Waals surface area contributed by atoms with Crippen molar-refractivity contribution in [1.82, 2.24) is 19.7 Å². The van der Waals surface area contributed by atoms with Gasteiger partial charge in [0, 0.05) is 11.3 Å². The van der Waals surface area contributed by atoms with Crippen molar-refractivity contribution in [3.63, 3.8) is 0 Å². The van der Waals surface area contributed by atoms with Gasteiger partial charge in [-0.05, 0) is 50.6 Å². The third kappa shape index (κ3) is 4.27. The van der Waals surface area contributed by atoms with Crippen LogP contribution in [0.5, 0.6) is 5.75 Å². The average Bonchev–Trinajstić information content (AvgIpc) is 2.89. The van der Waals surface area contributed by atoms with Crippen molar-refractivity contribution in [2.45, 2.75) is 27.1 Å². The van der Waals surface area contributed by atoms with Gasteiger partial charge in [0.15, 0.2) is 0 Å². The monoisotopic (exact) mass is 391 g/mol. The fourth-order valence-electron chi connectivity index (χ4n) is 2.42. The molecule has 0 bridgehead atoms. The van der Waals surface area contributed by atoms with E-state index in [9.17, 15) is 18.0 Å². The maximum Gasteiger partial charge on any atom is 0.573 e. The van der Waals surface area contributed by atoms with Crippen LogP contribution >= 0.6 is 0 Å². The molecule has 0 saturated carbocycles. The van der Waals surface area contributed by atoms with Gasteiger partial charge in [0.25, 0.3) is 11.9 Å². The smallest absolute Gasteiger partial charge is 0.406 e. The molecule has 0 aliphatic carbocycles. The van der Waals surface area contributed by atoms with E-state index >= 15 is 0 Å². The van der Waals surface area contributed by atoms with Crippen molar-refractivity contribution < 1.29 is 22.7 Å². The largest absolute Gasteiger partial charge is 0.573 e. The van der Waals surface area contributed by atoms with Crippen LogP contribution < -0.4 is 10.1 Å². The van der Waals surface area contributed by atoms with Crippen molar-refractivity contribution in [2.24, 2.45) is 0 Å². The first-order valence-electron chi connectivity index (χ1n) is 8.16. The molecule has 1 amide bonds. The first-order chi connectivity index (χ1) is 13.1. The zero-order valence-corrected chi connectivity index (χ0v) is 15.2. The number of nitrogens with one attached hydrogen (secondary N) is 1. The van der Waals surface area contributed by atoms with E-state index < -0.39 is 18.0 Å². The molecule has 0 spiro atoms. The third-order valence-corrected chi connectivity index (χ3v) is 4.09. The van der Waals surface area contributed by atoms with E-state index in [1.807, 2.05) is 20.8 Å². The predicted octanol–water partition coefficient (Wildman–Crippen LogP) is 3.74. The molecule has 3 aromatic rings. The Labute approximate surface area is 158 Å². The number of aromatic nitrogens is 4. The van der Waals surface area contributed by atoms with E-state index in [0.717, 1.165) is 29.1 Å². The maximum atomic E-state index is 12.2. The Kier molecular flexibility index (Phi) is 5.04. The van der Waals surface area contributed by atoms with Crippen LogP contribution in [0.4, 0.5) is 18.9 Å². The molecule has 2 heterocycles. The fraction of sp³-hybridized carbons (Fsp3) is 0.222. The van der Waals surface area contributed by atoms with Crippen molar-refractivity contribution in [2.75, 3.05) is 5.32 Å². The van der Waals surface area contributed by atoms with Crippen LogP contribution in [0.25, 0.3) is 5.95 Å². The minimum atomic E-state index is -4.78. The van der Waals surface area contributed by atoms with Crippen LogP contribution in [0.15, 0.2) is 36.7 Å². The number of amides is 1. The van der Waals surface area contributed by atoms with Crippen molar-refractivity contribution >= 4 is 11.6 Å². The second-order valence-corrected chi connectivity index (χ2v) is 6.01. The highest BCUT2D eigenvalue weighted by Crippen LogP contribution is 2.23. The summed E-state index contributed by atoms with van der Waals surface area (Å²) in [5, 5.41) is 6.94. The molecule has 0 aliphatic rings. The third-order valence-electron chi connectivity index (χ3n) is 4.09. The zero-order chi connectivity index (χ0) is 20.5. The molecule has 1 aromatic carbocycles. The van der Waals surface area contributed by atoms with Gasteiger partial charge >= 0.3 is 6.36 Å². The summed E-state index contributed by atoms with van der Waals surface area (Å²) in [5.74, 6) is -0.561. The Hall–Kier alpha value is -3.43. The second kappa shape index (κ2) is 7.29. The van der Waals surface area contributed by atoms with Crippen LogP contribution in [0.1, 0.15) is 27.3 Å². The molecular formula is C18H16F3N5O2. The number of hydrogen-bond donors (Lipinski definition) is 1. The van der Waals surface area contributed by atoms with Crippen LogP contribution in [-0.4, -0.2) is 32.0 Å². The number of alkyl halides is 3. The summed E-state index contributed by atoms with van der Waals surface area (Å²) in [6.45, 7) is 5.74. The Balaban J connectivity index is 1.70. The van der Waals surface area contributed by atoms with Gasteiger partial charge in [-0.15, -0.1) is 13.2 Å². The topological polar surface area (TPSA) is 81.9 Å². The Bertz CT molecular complexity index is 996. The number of anilines is 1. The second-order valence-electron chi connectivity index (χ2n) is 6.01. The lowest BCUT2D eigenvalue weighted by Crippen LogP contribution is -2.17. The van der Waals surface area contributed by atoms with E-state index in [1.54, 1.807) is 4.68 Å². The number of ether oxygens (including phenoxy) is 1. The van der Waals surface area contributed by atoms with E-state index in [0.29, 0.717) is 11.6 Å². The predicted molar refractivity (Wildman–Crippen MR) is 94.4 cm³/mol. The lowest BCUT2D eigenvalue weighted by Gasteiger charge is -2.09. The van der Waals surface area contributed by atoms with Gasteiger partial charge in [0.1, 0.15) is 5.75 Å². The molecule has 0 fully saturated rings. The van der Waals surface area contributed by atoms with Crippen LogP contribution in [0, 0.1) is 20.8 Å². The molecule has 3 rings (SSSR count). The molecule has 0 atom stereocenters. The van der Waals surface area contributed by atoms with Crippen molar-refractivity contribution in [3.8, 4) is 11.7 Å². The van der Waals surface area contributed by atoms with Gasteiger partial charge in [0.05, 0.1) is 23.8 Å². The molecule has 146 valence electrons. The summed E-state index contributed by atoms with van der Waals surface area (Å²) in [7, 11) is 0. The molecule has 28 heavy (non-hydrogen) atoms. The van der Waals surface area contributed by atoms with Gasteiger partial charge in [-0.25, -0.2) is 14.6 Å². The van der Waals surface area contributed by atoms with Gasteiger partial charge in [-0.2, -0.15) is 5.10 Å². The number of carbonyl (C=O) groups is 1. The van der Waals surface area contributed by atoms with E-state index in [1.165, 1.54) is 24.5 Å². The van der Waals surface area contributed by atoms with E-state index in [2.05, 4.69) is 25.1 Å². The molecule has 10 heteroatoms. The van der Waals surface area contributed by atoms with E-state index in [-0.39, 0.29) is 5.56 Å². The molecule has 2 aromatic heterocycles. The number of halogens is 3.